The zero-order valence-corrected chi connectivity index (χ0v) is 14.4. The molecule has 6 heteroatoms. The minimum Gasteiger partial charge on any atom is -0.486 e. The third-order valence-corrected chi connectivity index (χ3v) is 6.07. The van der Waals surface area contributed by atoms with Gasteiger partial charge in [-0.25, -0.2) is 0 Å². The Morgan fingerprint density at radius 3 is 2.54 bits per heavy atom. The number of carbonyl (C=O) groups is 1. The van der Waals surface area contributed by atoms with Crippen molar-refractivity contribution in [2.24, 2.45) is 5.92 Å². The molecule has 1 unspecified atom stereocenters. The minimum atomic E-state index is 0. The van der Waals surface area contributed by atoms with Crippen LogP contribution in [0.2, 0.25) is 0 Å². The Bertz CT molecular complexity index is 654. The molecule has 2 bridgehead atoms. The van der Waals surface area contributed by atoms with Crippen LogP contribution in [0.5, 0.6) is 11.5 Å². The number of fused-ring (bicyclic) bond motifs is 3. The molecular formula is C18H23ClN2O3. The monoisotopic (exact) mass is 350 g/mol. The number of rotatable bonds is 2. The number of amides is 1. The van der Waals surface area contributed by atoms with E-state index in [1.54, 1.807) is 0 Å². The van der Waals surface area contributed by atoms with Crippen LogP contribution in [0.4, 0.5) is 0 Å². The second kappa shape index (κ2) is 5.81. The third kappa shape index (κ3) is 2.37. The summed E-state index contributed by atoms with van der Waals surface area (Å²) in [4.78, 5) is 15.4. The number of hydrogen-bond donors (Lipinski definition) is 1. The van der Waals surface area contributed by atoms with E-state index in [0.29, 0.717) is 36.5 Å². The molecular weight excluding hydrogens is 328 g/mol. The van der Waals surface area contributed by atoms with Gasteiger partial charge in [0.25, 0.3) is 5.91 Å². The molecule has 1 atom stereocenters. The van der Waals surface area contributed by atoms with Crippen molar-refractivity contribution in [2.75, 3.05) is 26.3 Å². The van der Waals surface area contributed by atoms with Crippen molar-refractivity contribution < 1.29 is 14.3 Å². The predicted octanol–water partition coefficient (Wildman–Crippen LogP) is 2.24. The van der Waals surface area contributed by atoms with E-state index in [4.69, 9.17) is 9.47 Å². The molecule has 1 aromatic rings. The van der Waals surface area contributed by atoms with Gasteiger partial charge >= 0.3 is 0 Å². The van der Waals surface area contributed by atoms with Crippen LogP contribution in [0.1, 0.15) is 36.0 Å². The summed E-state index contributed by atoms with van der Waals surface area (Å²) in [6.07, 6.45) is 4.90. The van der Waals surface area contributed by atoms with Crippen molar-refractivity contribution in [1.29, 1.82) is 0 Å². The fraction of sp³-hybridized carbons (Fsp3) is 0.611. The van der Waals surface area contributed by atoms with Crippen LogP contribution in [0, 0.1) is 5.92 Å². The topological polar surface area (TPSA) is 50.8 Å². The second-order valence-corrected chi connectivity index (χ2v) is 7.24. The summed E-state index contributed by atoms with van der Waals surface area (Å²) in [5.74, 6) is 2.07. The quantitative estimate of drug-likeness (QED) is 0.888. The van der Waals surface area contributed by atoms with E-state index in [1.165, 1.54) is 38.8 Å². The summed E-state index contributed by atoms with van der Waals surface area (Å²) in [7, 11) is 0. The van der Waals surface area contributed by atoms with Crippen LogP contribution >= 0.6 is 12.4 Å². The van der Waals surface area contributed by atoms with Crippen LogP contribution in [-0.2, 0) is 0 Å². The third-order valence-electron chi connectivity index (χ3n) is 6.07. The maximum Gasteiger partial charge on any atom is 0.251 e. The van der Waals surface area contributed by atoms with Gasteiger partial charge in [-0.2, -0.15) is 0 Å². The summed E-state index contributed by atoms with van der Waals surface area (Å²) in [5, 5.41) is 3.35. The van der Waals surface area contributed by atoms with Crippen molar-refractivity contribution in [3.63, 3.8) is 0 Å². The van der Waals surface area contributed by atoms with Crippen LogP contribution in [0.3, 0.4) is 0 Å². The number of benzene rings is 1. The summed E-state index contributed by atoms with van der Waals surface area (Å²) in [5.41, 5.74) is 0.937. The van der Waals surface area contributed by atoms with Crippen molar-refractivity contribution in [2.45, 2.75) is 37.3 Å². The van der Waals surface area contributed by atoms with E-state index in [2.05, 4.69) is 10.2 Å². The molecule has 130 valence electrons. The average molecular weight is 351 g/mol. The van der Waals surface area contributed by atoms with Gasteiger partial charge in [0.05, 0.1) is 6.04 Å². The molecule has 1 N–H and O–H groups in total. The summed E-state index contributed by atoms with van der Waals surface area (Å²) < 4.78 is 11.1. The number of nitrogens with one attached hydrogen (secondary N) is 1. The van der Waals surface area contributed by atoms with Gasteiger partial charge < -0.3 is 14.8 Å². The molecule has 4 aliphatic heterocycles. The zero-order valence-electron chi connectivity index (χ0n) is 13.6. The van der Waals surface area contributed by atoms with Gasteiger partial charge in [-0.1, -0.05) is 0 Å². The van der Waals surface area contributed by atoms with E-state index in [1.807, 2.05) is 18.2 Å². The molecule has 5 nitrogen and oxygen atoms in total. The molecule has 6 rings (SSSR count). The smallest absolute Gasteiger partial charge is 0.251 e. The SMILES string of the molecule is Cl.O=C(NC1C2CCN(CC2)C12CC2)c1ccc2c(c1)OCCO2. The van der Waals surface area contributed by atoms with Crippen LogP contribution < -0.4 is 14.8 Å². The Labute approximate surface area is 148 Å². The largest absolute Gasteiger partial charge is 0.486 e. The molecule has 1 saturated carbocycles. The summed E-state index contributed by atoms with van der Waals surface area (Å²) in [6, 6.07) is 5.80. The standard InChI is InChI=1S/C18H22N2O3.ClH/c21-17(13-1-2-14-15(11-13)23-10-9-22-14)19-16-12-3-7-20(8-4-12)18(16)5-6-18;/h1-2,11-12,16H,3-10H2,(H,19,21);1H. The normalized spacial score (nSPS) is 31.2. The van der Waals surface area contributed by atoms with Gasteiger partial charge in [0.1, 0.15) is 13.2 Å². The van der Waals surface area contributed by atoms with Gasteiger partial charge in [-0.15, -0.1) is 12.4 Å². The molecule has 5 aliphatic rings. The Hall–Kier alpha value is -1.46. The maximum atomic E-state index is 12.8. The van der Waals surface area contributed by atoms with Crippen molar-refractivity contribution in [3.05, 3.63) is 23.8 Å². The molecule has 1 aliphatic carbocycles. The lowest BCUT2D eigenvalue weighted by atomic mass is 9.77. The minimum absolute atomic E-state index is 0. The van der Waals surface area contributed by atoms with Crippen LogP contribution in [-0.4, -0.2) is 48.7 Å². The summed E-state index contributed by atoms with van der Waals surface area (Å²) >= 11 is 0. The highest BCUT2D eigenvalue weighted by Gasteiger charge is 2.60. The lowest BCUT2D eigenvalue weighted by Gasteiger charge is -2.52. The van der Waals surface area contributed by atoms with Gasteiger partial charge in [0.2, 0.25) is 0 Å². The molecule has 0 radical (unpaired) electrons. The number of ether oxygens (including phenoxy) is 2. The van der Waals surface area contributed by atoms with Crippen LogP contribution in [0.25, 0.3) is 0 Å². The Morgan fingerprint density at radius 1 is 1.12 bits per heavy atom. The van der Waals surface area contributed by atoms with Gasteiger partial charge in [0.15, 0.2) is 11.5 Å². The summed E-state index contributed by atoms with van der Waals surface area (Å²) in [6.45, 7) is 3.53. The highest BCUT2D eigenvalue weighted by Crippen LogP contribution is 2.53. The van der Waals surface area contributed by atoms with E-state index >= 15 is 0 Å². The molecule has 24 heavy (non-hydrogen) atoms. The van der Waals surface area contributed by atoms with Crippen molar-refractivity contribution in [3.8, 4) is 11.5 Å². The molecule has 4 fully saturated rings. The fourth-order valence-electron chi connectivity index (χ4n) is 4.73. The molecule has 1 spiro atoms. The fourth-order valence-corrected chi connectivity index (χ4v) is 4.73. The van der Waals surface area contributed by atoms with E-state index in [-0.39, 0.29) is 23.9 Å². The van der Waals surface area contributed by atoms with E-state index in [9.17, 15) is 4.79 Å². The second-order valence-electron chi connectivity index (χ2n) is 7.24. The van der Waals surface area contributed by atoms with E-state index < -0.39 is 0 Å². The first kappa shape index (κ1) is 16.0. The molecule has 0 aromatic heterocycles. The number of nitrogens with zero attached hydrogens (tertiary/aromatic N) is 1. The number of piperidine rings is 3. The number of halogens is 1. The van der Waals surface area contributed by atoms with Gasteiger partial charge in [0, 0.05) is 11.1 Å². The first-order chi connectivity index (χ1) is 11.3. The molecule has 3 saturated heterocycles. The Balaban J connectivity index is 0.00000146. The first-order valence-electron chi connectivity index (χ1n) is 8.72. The van der Waals surface area contributed by atoms with Gasteiger partial charge in [-0.3, -0.25) is 9.69 Å². The average Bonchev–Trinajstić information content (AvgIpc) is 3.39. The lowest BCUT2D eigenvalue weighted by molar-refractivity contribution is -0.00145. The maximum absolute atomic E-state index is 12.8. The van der Waals surface area contributed by atoms with Crippen molar-refractivity contribution >= 4 is 18.3 Å². The van der Waals surface area contributed by atoms with Gasteiger partial charge in [-0.05, 0) is 62.9 Å². The molecule has 1 amide bonds. The zero-order chi connectivity index (χ0) is 15.4. The first-order valence-corrected chi connectivity index (χ1v) is 8.72. The van der Waals surface area contributed by atoms with E-state index in [0.717, 1.165) is 5.75 Å². The predicted molar refractivity (Wildman–Crippen MR) is 92.2 cm³/mol. The highest BCUT2D eigenvalue weighted by molar-refractivity contribution is 5.95. The molecule has 1 aromatic carbocycles. The Morgan fingerprint density at radius 2 is 1.83 bits per heavy atom. The number of hydrogen-bond acceptors (Lipinski definition) is 4. The Kier molecular flexibility index (Phi) is 3.88. The number of carbonyl (C=O) groups excluding carboxylic acids is 1. The lowest BCUT2D eigenvalue weighted by Crippen LogP contribution is -2.65. The molecule has 4 heterocycles. The van der Waals surface area contributed by atoms with Crippen molar-refractivity contribution in [1.82, 2.24) is 10.2 Å². The van der Waals surface area contributed by atoms with Crippen LogP contribution in [0.15, 0.2) is 18.2 Å². The highest BCUT2D eigenvalue weighted by atomic mass is 35.5.